The highest BCUT2D eigenvalue weighted by molar-refractivity contribution is 5.79. The number of ether oxygens (including phenoxy) is 1. The minimum absolute atomic E-state index is 0.00940. The minimum atomic E-state index is -0.223. The van der Waals surface area contributed by atoms with Crippen LogP contribution in [0.2, 0.25) is 0 Å². The molecule has 1 aliphatic heterocycles. The van der Waals surface area contributed by atoms with Crippen LogP contribution >= 0.6 is 0 Å². The third-order valence-corrected chi connectivity index (χ3v) is 3.93. The number of rotatable bonds is 5. The van der Waals surface area contributed by atoms with Gasteiger partial charge in [0.15, 0.2) is 6.61 Å². The summed E-state index contributed by atoms with van der Waals surface area (Å²) in [7, 11) is 0. The maximum atomic E-state index is 12.3. The molecule has 0 atom stereocenters. The number of carbonyl (C=O) groups excluding carboxylic acids is 2. The van der Waals surface area contributed by atoms with Crippen LogP contribution in [0.25, 0.3) is 0 Å². The molecule has 0 spiro atoms. The lowest BCUT2D eigenvalue weighted by Gasteiger charge is -2.25. The summed E-state index contributed by atoms with van der Waals surface area (Å²) in [6.45, 7) is 9.19. The molecular weight excluding hydrogens is 318 g/mol. The molecule has 2 rings (SSSR count). The molecule has 0 bridgehead atoms. The molecule has 1 heterocycles. The third-order valence-electron chi connectivity index (χ3n) is 3.93. The van der Waals surface area contributed by atoms with E-state index in [1.807, 2.05) is 56.0 Å². The van der Waals surface area contributed by atoms with E-state index >= 15 is 0 Å². The fourth-order valence-electron chi connectivity index (χ4n) is 2.79. The normalized spacial score (nSPS) is 16.2. The Labute approximate surface area is 150 Å². The standard InChI is InChI=1S/C19H29N3O3/c1-19(2,3)20-17(23)14-21-10-7-11-22(13-12-21)18(24)15-25-16-8-5-4-6-9-16/h4-6,8-9H,7,10-15H2,1-3H3,(H,20,23). The third kappa shape index (κ3) is 7.13. The molecule has 0 aromatic heterocycles. The van der Waals surface area contributed by atoms with E-state index in [1.165, 1.54) is 0 Å². The lowest BCUT2D eigenvalue weighted by Crippen LogP contribution is -2.46. The van der Waals surface area contributed by atoms with Crippen molar-refractivity contribution in [1.82, 2.24) is 15.1 Å². The molecule has 1 N–H and O–H groups in total. The molecule has 2 amide bonds. The Morgan fingerprint density at radius 2 is 1.80 bits per heavy atom. The van der Waals surface area contributed by atoms with Crippen molar-refractivity contribution in [3.8, 4) is 5.75 Å². The predicted octanol–water partition coefficient (Wildman–Crippen LogP) is 1.51. The molecule has 6 nitrogen and oxygen atoms in total. The zero-order valence-electron chi connectivity index (χ0n) is 15.5. The first kappa shape index (κ1) is 19.2. The van der Waals surface area contributed by atoms with Crippen LogP contribution in [-0.4, -0.2) is 66.5 Å². The van der Waals surface area contributed by atoms with E-state index in [0.717, 1.165) is 13.0 Å². The molecule has 1 fully saturated rings. The largest absolute Gasteiger partial charge is 0.484 e. The van der Waals surface area contributed by atoms with Gasteiger partial charge in [-0.25, -0.2) is 0 Å². The van der Waals surface area contributed by atoms with Gasteiger partial charge in [-0.15, -0.1) is 0 Å². The van der Waals surface area contributed by atoms with Crippen molar-refractivity contribution in [2.24, 2.45) is 0 Å². The van der Waals surface area contributed by atoms with Gasteiger partial charge in [0.05, 0.1) is 6.54 Å². The summed E-state index contributed by atoms with van der Waals surface area (Å²) in [5, 5.41) is 2.98. The Morgan fingerprint density at radius 1 is 1.08 bits per heavy atom. The van der Waals surface area contributed by atoms with Crippen LogP contribution < -0.4 is 10.1 Å². The minimum Gasteiger partial charge on any atom is -0.484 e. The summed E-state index contributed by atoms with van der Waals surface area (Å²) < 4.78 is 5.54. The molecule has 1 saturated heterocycles. The van der Waals surface area contributed by atoms with E-state index < -0.39 is 0 Å². The number of nitrogens with zero attached hydrogens (tertiary/aromatic N) is 2. The van der Waals surface area contributed by atoms with Crippen LogP contribution in [0.4, 0.5) is 0 Å². The highest BCUT2D eigenvalue weighted by Gasteiger charge is 2.22. The van der Waals surface area contributed by atoms with Crippen LogP contribution in [-0.2, 0) is 9.59 Å². The summed E-state index contributed by atoms with van der Waals surface area (Å²) >= 11 is 0. The number of nitrogens with one attached hydrogen (secondary N) is 1. The lowest BCUT2D eigenvalue weighted by molar-refractivity contribution is -0.133. The second-order valence-corrected chi connectivity index (χ2v) is 7.41. The average Bonchev–Trinajstić information content (AvgIpc) is 2.77. The lowest BCUT2D eigenvalue weighted by atomic mass is 10.1. The van der Waals surface area contributed by atoms with Crippen LogP contribution in [0, 0.1) is 0 Å². The molecule has 1 aromatic rings. The maximum absolute atomic E-state index is 12.3. The van der Waals surface area contributed by atoms with E-state index in [4.69, 9.17) is 4.74 Å². The number of amides is 2. The number of benzene rings is 1. The van der Waals surface area contributed by atoms with Gasteiger partial charge in [-0.1, -0.05) is 18.2 Å². The Bertz CT molecular complexity index is 569. The van der Waals surface area contributed by atoms with E-state index in [9.17, 15) is 9.59 Å². The number of carbonyl (C=O) groups is 2. The van der Waals surface area contributed by atoms with Crippen molar-refractivity contribution in [2.45, 2.75) is 32.7 Å². The summed E-state index contributed by atoms with van der Waals surface area (Å²) in [6, 6.07) is 9.35. The van der Waals surface area contributed by atoms with Gasteiger partial charge in [0, 0.05) is 31.7 Å². The highest BCUT2D eigenvalue weighted by atomic mass is 16.5. The Kier molecular flexibility index (Phi) is 6.82. The Morgan fingerprint density at radius 3 is 2.48 bits per heavy atom. The molecule has 1 aliphatic rings. The molecule has 0 unspecified atom stereocenters. The monoisotopic (exact) mass is 347 g/mol. The van der Waals surface area contributed by atoms with E-state index in [1.54, 1.807) is 0 Å². The second kappa shape index (κ2) is 8.85. The number of hydrogen-bond acceptors (Lipinski definition) is 4. The molecule has 25 heavy (non-hydrogen) atoms. The summed E-state index contributed by atoms with van der Waals surface area (Å²) in [5.41, 5.74) is -0.223. The van der Waals surface area contributed by atoms with Gasteiger partial charge in [0.2, 0.25) is 5.91 Å². The van der Waals surface area contributed by atoms with E-state index in [-0.39, 0.29) is 24.0 Å². The van der Waals surface area contributed by atoms with Crippen molar-refractivity contribution in [3.05, 3.63) is 30.3 Å². The molecule has 0 saturated carbocycles. The molecule has 0 aliphatic carbocycles. The quantitative estimate of drug-likeness (QED) is 0.877. The zero-order valence-corrected chi connectivity index (χ0v) is 15.5. The van der Waals surface area contributed by atoms with Gasteiger partial charge in [0.1, 0.15) is 5.75 Å². The summed E-state index contributed by atoms with van der Waals surface area (Å²) in [4.78, 5) is 28.3. The van der Waals surface area contributed by atoms with Crippen LogP contribution in [0.1, 0.15) is 27.2 Å². The van der Waals surface area contributed by atoms with Gasteiger partial charge in [-0.3, -0.25) is 14.5 Å². The van der Waals surface area contributed by atoms with E-state index in [0.29, 0.717) is 31.9 Å². The van der Waals surface area contributed by atoms with Crippen molar-refractivity contribution >= 4 is 11.8 Å². The van der Waals surface area contributed by atoms with Crippen molar-refractivity contribution in [1.29, 1.82) is 0 Å². The number of hydrogen-bond donors (Lipinski definition) is 1. The second-order valence-electron chi connectivity index (χ2n) is 7.41. The molecule has 1 aromatic carbocycles. The summed E-state index contributed by atoms with van der Waals surface area (Å²) in [5.74, 6) is 0.718. The summed E-state index contributed by atoms with van der Waals surface area (Å²) in [6.07, 6.45) is 0.861. The maximum Gasteiger partial charge on any atom is 0.260 e. The smallest absolute Gasteiger partial charge is 0.260 e. The van der Waals surface area contributed by atoms with Crippen LogP contribution in [0.15, 0.2) is 30.3 Å². The molecule has 138 valence electrons. The SMILES string of the molecule is CC(C)(C)NC(=O)CN1CCCN(C(=O)COc2ccccc2)CC1. The average molecular weight is 347 g/mol. The van der Waals surface area contributed by atoms with E-state index in [2.05, 4.69) is 10.2 Å². The van der Waals surface area contributed by atoms with Gasteiger partial charge in [0.25, 0.3) is 5.91 Å². The van der Waals surface area contributed by atoms with Gasteiger partial charge in [-0.05, 0) is 39.3 Å². The fourth-order valence-corrected chi connectivity index (χ4v) is 2.79. The number of para-hydroxylation sites is 1. The van der Waals surface area contributed by atoms with Crippen LogP contribution in [0.5, 0.6) is 5.75 Å². The highest BCUT2D eigenvalue weighted by Crippen LogP contribution is 2.09. The predicted molar refractivity (Wildman–Crippen MR) is 97.5 cm³/mol. The van der Waals surface area contributed by atoms with Crippen molar-refractivity contribution in [3.63, 3.8) is 0 Å². The first-order valence-corrected chi connectivity index (χ1v) is 8.82. The van der Waals surface area contributed by atoms with Gasteiger partial charge >= 0.3 is 0 Å². The Balaban J connectivity index is 1.76. The van der Waals surface area contributed by atoms with Crippen LogP contribution in [0.3, 0.4) is 0 Å². The van der Waals surface area contributed by atoms with Crippen molar-refractivity contribution in [2.75, 3.05) is 39.3 Å². The molecular formula is C19H29N3O3. The molecule has 6 heteroatoms. The Hall–Kier alpha value is -2.08. The molecule has 0 radical (unpaired) electrons. The first-order valence-electron chi connectivity index (χ1n) is 8.82. The first-order chi connectivity index (χ1) is 11.8. The zero-order chi connectivity index (χ0) is 18.3. The van der Waals surface area contributed by atoms with Gasteiger partial charge < -0.3 is 15.0 Å². The fraction of sp³-hybridized carbons (Fsp3) is 0.579. The van der Waals surface area contributed by atoms with Gasteiger partial charge in [-0.2, -0.15) is 0 Å². The van der Waals surface area contributed by atoms with Crippen molar-refractivity contribution < 1.29 is 14.3 Å². The topological polar surface area (TPSA) is 61.9 Å².